The number of benzene rings is 1. The predicted octanol–water partition coefficient (Wildman–Crippen LogP) is 4.16. The fourth-order valence-corrected chi connectivity index (χ4v) is 3.41. The smallest absolute Gasteiger partial charge is 0.212 e. The zero-order valence-electron chi connectivity index (χ0n) is 15.5. The Bertz CT molecular complexity index is 753. The van der Waals surface area contributed by atoms with E-state index in [1.807, 2.05) is 13.0 Å². The van der Waals surface area contributed by atoms with Crippen LogP contribution in [0.5, 0.6) is 0 Å². The number of nitrogens with zero attached hydrogens (tertiary/aromatic N) is 1. The summed E-state index contributed by atoms with van der Waals surface area (Å²) in [5.74, 6) is 1.23. The monoisotopic (exact) mass is 353 g/mol. The third-order valence-corrected chi connectivity index (χ3v) is 5.00. The topological polar surface area (TPSA) is 63.2 Å². The molecule has 3 rings (SSSR count). The van der Waals surface area contributed by atoms with Gasteiger partial charge >= 0.3 is 0 Å². The minimum atomic E-state index is 0.566. The van der Waals surface area contributed by atoms with Crippen molar-refractivity contribution in [3.8, 4) is 11.1 Å². The Kier molecular flexibility index (Phi) is 6.23. The first-order valence-corrected chi connectivity index (χ1v) is 9.27. The van der Waals surface area contributed by atoms with Crippen molar-refractivity contribution in [1.82, 2.24) is 4.98 Å². The highest BCUT2D eigenvalue weighted by Gasteiger charge is 2.13. The Hall–Kier alpha value is -2.40. The summed E-state index contributed by atoms with van der Waals surface area (Å²) in [5, 5.41) is 6.23. The van der Waals surface area contributed by atoms with Crippen LogP contribution in [0.2, 0.25) is 0 Å². The molecule has 1 atom stereocenters. The number of aromatic nitrogens is 1. The van der Waals surface area contributed by atoms with Crippen molar-refractivity contribution >= 4 is 17.9 Å². The van der Waals surface area contributed by atoms with Crippen LogP contribution in [0, 0.1) is 19.8 Å². The second-order valence-corrected chi connectivity index (χ2v) is 6.97. The first kappa shape index (κ1) is 18.4. The molecule has 2 heterocycles. The van der Waals surface area contributed by atoms with E-state index in [4.69, 9.17) is 4.74 Å². The predicted molar refractivity (Wildman–Crippen MR) is 105 cm³/mol. The van der Waals surface area contributed by atoms with Gasteiger partial charge in [-0.1, -0.05) is 6.07 Å². The standard InChI is InChI=1S/C21H27N3O2/c1-15-5-6-18(22-13-17-4-3-8-26-9-7-17)10-19(15)20-11-21(24-14-25)23-12-16(20)2/h5-6,10-12,14,17,22H,3-4,7-9,13H2,1-2H3,(H,23,24,25). The molecule has 0 spiro atoms. The molecule has 5 nitrogen and oxygen atoms in total. The van der Waals surface area contributed by atoms with Gasteiger partial charge in [0.25, 0.3) is 0 Å². The Balaban J connectivity index is 1.79. The quantitative estimate of drug-likeness (QED) is 0.766. The number of carbonyl (C=O) groups excluding carboxylic acids is 1. The summed E-state index contributed by atoms with van der Waals surface area (Å²) in [5.41, 5.74) is 5.66. The molecule has 2 N–H and O–H groups in total. The van der Waals surface area contributed by atoms with Gasteiger partial charge in [0, 0.05) is 31.6 Å². The van der Waals surface area contributed by atoms with Crippen LogP contribution < -0.4 is 10.6 Å². The van der Waals surface area contributed by atoms with Crippen molar-refractivity contribution < 1.29 is 9.53 Å². The molecule has 0 bridgehead atoms. The van der Waals surface area contributed by atoms with E-state index in [0.29, 0.717) is 18.1 Å². The number of carbonyl (C=O) groups is 1. The molecule has 5 heteroatoms. The van der Waals surface area contributed by atoms with Gasteiger partial charge in [0.2, 0.25) is 6.41 Å². The summed E-state index contributed by atoms with van der Waals surface area (Å²) in [6.45, 7) is 6.88. The van der Waals surface area contributed by atoms with E-state index in [1.165, 1.54) is 12.0 Å². The van der Waals surface area contributed by atoms with Crippen LogP contribution >= 0.6 is 0 Å². The number of nitrogens with one attached hydrogen (secondary N) is 2. The van der Waals surface area contributed by atoms with Crippen LogP contribution in [-0.4, -0.2) is 31.2 Å². The average molecular weight is 353 g/mol. The highest BCUT2D eigenvalue weighted by molar-refractivity contribution is 5.78. The number of hydrogen-bond acceptors (Lipinski definition) is 4. The maximum Gasteiger partial charge on any atom is 0.212 e. The van der Waals surface area contributed by atoms with E-state index in [0.717, 1.165) is 55.0 Å². The third kappa shape index (κ3) is 4.61. The Morgan fingerprint density at radius 3 is 2.85 bits per heavy atom. The van der Waals surface area contributed by atoms with Crippen molar-refractivity contribution in [3.63, 3.8) is 0 Å². The van der Waals surface area contributed by atoms with Crippen molar-refractivity contribution in [2.45, 2.75) is 33.1 Å². The van der Waals surface area contributed by atoms with Crippen molar-refractivity contribution in [2.24, 2.45) is 5.92 Å². The zero-order valence-corrected chi connectivity index (χ0v) is 15.5. The molecule has 2 aromatic rings. The summed E-state index contributed by atoms with van der Waals surface area (Å²) in [6, 6.07) is 8.39. The normalized spacial score (nSPS) is 17.4. The number of anilines is 2. The summed E-state index contributed by atoms with van der Waals surface area (Å²) in [7, 11) is 0. The number of aryl methyl sites for hydroxylation is 2. The van der Waals surface area contributed by atoms with Crippen LogP contribution in [0.3, 0.4) is 0 Å². The number of amides is 1. The molecule has 1 amide bonds. The summed E-state index contributed by atoms with van der Waals surface area (Å²) >= 11 is 0. The number of hydrogen-bond donors (Lipinski definition) is 2. The molecule has 1 unspecified atom stereocenters. The van der Waals surface area contributed by atoms with Gasteiger partial charge in [0.15, 0.2) is 0 Å². The minimum absolute atomic E-state index is 0.566. The van der Waals surface area contributed by atoms with Crippen LogP contribution in [0.4, 0.5) is 11.5 Å². The SMILES string of the molecule is Cc1ccc(NCC2CCCOCC2)cc1-c1cc(NC=O)ncc1C. The van der Waals surface area contributed by atoms with Crippen LogP contribution in [0.1, 0.15) is 30.4 Å². The molecule has 1 fully saturated rings. The average Bonchev–Trinajstić information content (AvgIpc) is 2.92. The lowest BCUT2D eigenvalue weighted by Gasteiger charge is -2.17. The van der Waals surface area contributed by atoms with Gasteiger partial charge in [0.05, 0.1) is 0 Å². The molecule has 0 saturated carbocycles. The Morgan fingerprint density at radius 2 is 2.00 bits per heavy atom. The van der Waals surface area contributed by atoms with Gasteiger partial charge in [-0.2, -0.15) is 0 Å². The molecular formula is C21H27N3O2. The van der Waals surface area contributed by atoms with Crippen molar-refractivity contribution in [1.29, 1.82) is 0 Å². The van der Waals surface area contributed by atoms with Gasteiger partial charge in [-0.05, 0) is 79.5 Å². The molecule has 1 aromatic carbocycles. The van der Waals surface area contributed by atoms with Crippen molar-refractivity contribution in [2.75, 3.05) is 30.4 Å². The molecule has 0 radical (unpaired) electrons. The molecule has 26 heavy (non-hydrogen) atoms. The van der Waals surface area contributed by atoms with Crippen LogP contribution in [0.25, 0.3) is 11.1 Å². The highest BCUT2D eigenvalue weighted by atomic mass is 16.5. The summed E-state index contributed by atoms with van der Waals surface area (Å²) in [4.78, 5) is 15.0. The fraction of sp³-hybridized carbons (Fsp3) is 0.429. The van der Waals surface area contributed by atoms with Gasteiger partial charge in [-0.25, -0.2) is 4.98 Å². The van der Waals surface area contributed by atoms with E-state index < -0.39 is 0 Å². The van der Waals surface area contributed by atoms with Gasteiger partial charge in [-0.3, -0.25) is 4.79 Å². The van der Waals surface area contributed by atoms with Crippen LogP contribution in [0.15, 0.2) is 30.5 Å². The lowest BCUT2D eigenvalue weighted by atomic mass is 9.96. The van der Waals surface area contributed by atoms with Crippen LogP contribution in [-0.2, 0) is 9.53 Å². The second kappa shape index (κ2) is 8.81. The summed E-state index contributed by atoms with van der Waals surface area (Å²) in [6.07, 6.45) is 5.94. The van der Waals surface area contributed by atoms with Gasteiger partial charge < -0.3 is 15.4 Å². The fourth-order valence-electron chi connectivity index (χ4n) is 3.41. The molecule has 1 aromatic heterocycles. The molecule has 0 aliphatic carbocycles. The van der Waals surface area contributed by atoms with Crippen molar-refractivity contribution in [3.05, 3.63) is 41.6 Å². The lowest BCUT2D eigenvalue weighted by molar-refractivity contribution is -0.105. The molecule has 1 saturated heterocycles. The second-order valence-electron chi connectivity index (χ2n) is 6.97. The summed E-state index contributed by atoms with van der Waals surface area (Å²) < 4.78 is 5.55. The zero-order chi connectivity index (χ0) is 18.4. The molecule has 1 aliphatic heterocycles. The first-order valence-electron chi connectivity index (χ1n) is 9.27. The highest BCUT2D eigenvalue weighted by Crippen LogP contribution is 2.30. The Morgan fingerprint density at radius 1 is 1.15 bits per heavy atom. The Labute approximate surface area is 155 Å². The lowest BCUT2D eigenvalue weighted by Crippen LogP contribution is -2.14. The molecular weight excluding hydrogens is 326 g/mol. The third-order valence-electron chi connectivity index (χ3n) is 5.00. The molecule has 138 valence electrons. The largest absolute Gasteiger partial charge is 0.385 e. The number of rotatable bonds is 6. The maximum atomic E-state index is 10.7. The van der Waals surface area contributed by atoms with Gasteiger partial charge in [-0.15, -0.1) is 0 Å². The first-order chi connectivity index (χ1) is 12.7. The number of ether oxygens (including phenoxy) is 1. The molecule has 1 aliphatic rings. The van der Waals surface area contributed by atoms with E-state index in [1.54, 1.807) is 6.20 Å². The van der Waals surface area contributed by atoms with E-state index in [-0.39, 0.29) is 0 Å². The van der Waals surface area contributed by atoms with E-state index >= 15 is 0 Å². The maximum absolute atomic E-state index is 10.7. The van der Waals surface area contributed by atoms with Gasteiger partial charge in [0.1, 0.15) is 5.82 Å². The van der Waals surface area contributed by atoms with E-state index in [9.17, 15) is 4.79 Å². The minimum Gasteiger partial charge on any atom is -0.385 e. The number of pyridine rings is 1. The van der Waals surface area contributed by atoms with E-state index in [2.05, 4.69) is 40.7 Å².